The molecule has 3 heteroatoms. The van der Waals surface area contributed by atoms with E-state index in [0.29, 0.717) is 24.7 Å². The molecule has 4 aliphatic carbocycles. The van der Waals surface area contributed by atoms with Crippen molar-refractivity contribution >= 4 is 0 Å². The van der Waals surface area contributed by atoms with E-state index in [4.69, 9.17) is 0 Å². The van der Waals surface area contributed by atoms with Crippen LogP contribution in [0.2, 0.25) is 0 Å². The summed E-state index contributed by atoms with van der Waals surface area (Å²) in [5.41, 5.74) is -0.381. The van der Waals surface area contributed by atoms with Gasteiger partial charge in [0.25, 0.3) is 0 Å². The van der Waals surface area contributed by atoms with Crippen LogP contribution >= 0.6 is 0 Å². The lowest BCUT2D eigenvalue weighted by molar-refractivity contribution is -0.246. The quantitative estimate of drug-likeness (QED) is 0.412. The molecule has 0 radical (unpaired) electrons. The topological polar surface area (TPSA) is 60.7 Å². The Bertz CT molecular complexity index is 794. The minimum atomic E-state index is -1.07. The van der Waals surface area contributed by atoms with Crippen LogP contribution in [0.25, 0.3) is 0 Å². The highest BCUT2D eigenvalue weighted by Gasteiger charge is 2.72. The van der Waals surface area contributed by atoms with E-state index < -0.39 is 11.2 Å². The normalized spacial score (nSPS) is 50.5. The molecule has 4 aliphatic rings. The molecule has 9 atom stereocenters. The Labute approximate surface area is 203 Å². The molecule has 0 spiro atoms. The molecule has 0 bridgehead atoms. The summed E-state index contributed by atoms with van der Waals surface area (Å²) < 4.78 is 0. The zero-order chi connectivity index (χ0) is 24.7. The molecule has 4 rings (SSSR count). The van der Waals surface area contributed by atoms with Crippen LogP contribution in [0.4, 0.5) is 0 Å². The largest absolute Gasteiger partial charge is 0.393 e. The van der Waals surface area contributed by atoms with Crippen molar-refractivity contribution in [1.29, 1.82) is 0 Å². The second-order valence-electron chi connectivity index (χ2n) is 14.5. The summed E-state index contributed by atoms with van der Waals surface area (Å²) >= 11 is 0. The predicted molar refractivity (Wildman–Crippen MR) is 136 cm³/mol. The number of hydrogen-bond donors (Lipinski definition) is 3. The number of rotatable bonds is 4. The van der Waals surface area contributed by atoms with Crippen molar-refractivity contribution < 1.29 is 15.3 Å². The van der Waals surface area contributed by atoms with E-state index >= 15 is 0 Å². The van der Waals surface area contributed by atoms with Crippen molar-refractivity contribution in [3.8, 4) is 0 Å². The summed E-state index contributed by atoms with van der Waals surface area (Å²) in [5.74, 6) is 1.32. The summed E-state index contributed by atoms with van der Waals surface area (Å²) in [6, 6.07) is 0. The van der Waals surface area contributed by atoms with Gasteiger partial charge in [-0.25, -0.2) is 0 Å². The highest BCUT2D eigenvalue weighted by molar-refractivity contribution is 5.22. The summed E-state index contributed by atoms with van der Waals surface area (Å²) in [6.45, 7) is 18.2. The maximum Gasteiger partial charge on any atom is 0.0964 e. The Kier molecular flexibility index (Phi) is 6.08. The van der Waals surface area contributed by atoms with Crippen LogP contribution in [-0.2, 0) is 0 Å². The molecule has 4 fully saturated rings. The average molecular weight is 461 g/mol. The lowest BCUT2D eigenvalue weighted by atomic mass is 9.35. The van der Waals surface area contributed by atoms with Gasteiger partial charge in [-0.1, -0.05) is 46.3 Å². The van der Waals surface area contributed by atoms with E-state index in [1.54, 1.807) is 0 Å². The smallest absolute Gasteiger partial charge is 0.0964 e. The maximum atomic E-state index is 12.2. The van der Waals surface area contributed by atoms with Gasteiger partial charge >= 0.3 is 0 Å². The van der Waals surface area contributed by atoms with Crippen LogP contribution in [0.15, 0.2) is 11.6 Å². The zero-order valence-corrected chi connectivity index (χ0v) is 22.8. The van der Waals surface area contributed by atoms with Gasteiger partial charge in [0.1, 0.15) is 0 Å². The molecule has 0 aromatic heterocycles. The van der Waals surface area contributed by atoms with Crippen molar-refractivity contribution in [3.05, 3.63) is 11.6 Å². The highest BCUT2D eigenvalue weighted by Crippen LogP contribution is 2.76. The summed E-state index contributed by atoms with van der Waals surface area (Å²) in [5, 5.41) is 34.7. The Morgan fingerprint density at radius 3 is 2.09 bits per heavy atom. The third-order valence-corrected chi connectivity index (χ3v) is 12.6. The monoisotopic (exact) mass is 460 g/mol. The first-order chi connectivity index (χ1) is 15.1. The molecule has 190 valence electrons. The molecule has 0 aromatic carbocycles. The fourth-order valence-electron chi connectivity index (χ4n) is 10.3. The van der Waals surface area contributed by atoms with E-state index in [1.807, 2.05) is 6.92 Å². The lowest BCUT2D eigenvalue weighted by Crippen LogP contribution is -2.66. The number of allylic oxidation sites excluding steroid dienone is 2. The first-order valence-corrected chi connectivity index (χ1v) is 13.8. The molecule has 4 saturated carbocycles. The molecule has 0 aliphatic heterocycles. The van der Waals surface area contributed by atoms with Crippen LogP contribution in [-0.4, -0.2) is 32.6 Å². The van der Waals surface area contributed by atoms with Gasteiger partial charge in [0.2, 0.25) is 0 Å². The second kappa shape index (κ2) is 7.81. The maximum absolute atomic E-state index is 12.2. The number of fused-ring (bicyclic) bond motifs is 5. The van der Waals surface area contributed by atoms with Crippen molar-refractivity contribution in [2.45, 2.75) is 137 Å². The number of aliphatic hydroxyl groups is 3. The molecule has 3 nitrogen and oxygen atoms in total. The van der Waals surface area contributed by atoms with Crippen molar-refractivity contribution in [2.24, 2.45) is 39.4 Å². The fourth-order valence-corrected chi connectivity index (χ4v) is 10.3. The van der Waals surface area contributed by atoms with E-state index in [2.05, 4.69) is 54.5 Å². The summed E-state index contributed by atoms with van der Waals surface area (Å²) in [7, 11) is 0. The second-order valence-corrected chi connectivity index (χ2v) is 14.5. The summed E-state index contributed by atoms with van der Waals surface area (Å²) in [6.07, 6.45) is 11.7. The van der Waals surface area contributed by atoms with Crippen LogP contribution in [0, 0.1) is 39.4 Å². The van der Waals surface area contributed by atoms with Crippen molar-refractivity contribution in [1.82, 2.24) is 0 Å². The minimum Gasteiger partial charge on any atom is -0.393 e. The van der Waals surface area contributed by atoms with Crippen LogP contribution in [0.3, 0.4) is 0 Å². The Hall–Kier alpha value is -0.380. The van der Waals surface area contributed by atoms with Crippen molar-refractivity contribution in [3.63, 3.8) is 0 Å². The minimum absolute atomic E-state index is 0.0307. The fraction of sp³-hybridized carbons (Fsp3) is 0.933. The zero-order valence-electron chi connectivity index (χ0n) is 22.8. The van der Waals surface area contributed by atoms with Gasteiger partial charge in [-0.15, -0.1) is 0 Å². The number of hydrogen-bond acceptors (Lipinski definition) is 3. The van der Waals surface area contributed by atoms with Crippen molar-refractivity contribution in [2.75, 3.05) is 0 Å². The molecular formula is C30H52O3. The van der Waals surface area contributed by atoms with Crippen LogP contribution < -0.4 is 0 Å². The lowest BCUT2D eigenvalue weighted by Gasteiger charge is -2.70. The van der Waals surface area contributed by atoms with E-state index in [0.717, 1.165) is 38.5 Å². The third kappa shape index (κ3) is 3.38. The molecule has 0 saturated heterocycles. The Balaban J connectivity index is 1.66. The predicted octanol–water partition coefficient (Wildman–Crippen LogP) is 6.64. The van der Waals surface area contributed by atoms with Gasteiger partial charge in [0.15, 0.2) is 0 Å². The van der Waals surface area contributed by atoms with Gasteiger partial charge in [0, 0.05) is 0 Å². The molecule has 0 heterocycles. The van der Waals surface area contributed by atoms with Gasteiger partial charge in [0.05, 0.1) is 17.3 Å². The van der Waals surface area contributed by atoms with E-state index in [-0.39, 0.29) is 33.7 Å². The van der Waals surface area contributed by atoms with Gasteiger partial charge < -0.3 is 15.3 Å². The molecular weight excluding hydrogens is 408 g/mol. The summed E-state index contributed by atoms with van der Waals surface area (Å²) in [4.78, 5) is 0. The van der Waals surface area contributed by atoms with E-state index in [1.165, 1.54) is 18.4 Å². The Morgan fingerprint density at radius 1 is 0.848 bits per heavy atom. The molecule has 4 unspecified atom stereocenters. The SMILES string of the molecule is CC(C)=CCCC(C)(O)[C@@]1(O)CC[C@]2(C)C1CCC1[C@@]3(C)CC[C@@H](O)C(C)(C)C3CC[C@]12C. The first-order valence-electron chi connectivity index (χ1n) is 13.8. The molecule has 33 heavy (non-hydrogen) atoms. The standard InChI is InChI=1S/C30H52O3/c1-20(2)10-9-15-29(8,32)30(33)19-18-28(7)23(30)12-11-22-26(5)16-14-24(31)25(3,4)21(26)13-17-27(22,28)6/h10,21-24,31-33H,9,11-19H2,1-8H3/t21?,22?,23?,24-,26+,27-,28-,29?,30-/m1/s1. The molecule has 0 amide bonds. The molecule has 0 aromatic rings. The van der Waals surface area contributed by atoms with Crippen LogP contribution in [0.5, 0.6) is 0 Å². The Morgan fingerprint density at radius 2 is 1.45 bits per heavy atom. The van der Waals surface area contributed by atoms with Gasteiger partial charge in [-0.2, -0.15) is 0 Å². The average Bonchev–Trinajstić information content (AvgIpc) is 2.99. The van der Waals surface area contributed by atoms with Gasteiger partial charge in [-0.3, -0.25) is 0 Å². The number of aliphatic hydroxyl groups excluding tert-OH is 1. The highest BCUT2D eigenvalue weighted by atomic mass is 16.4. The molecule has 3 N–H and O–H groups in total. The third-order valence-electron chi connectivity index (χ3n) is 12.6. The van der Waals surface area contributed by atoms with E-state index in [9.17, 15) is 15.3 Å². The first kappa shape index (κ1) is 25.7. The van der Waals surface area contributed by atoms with Gasteiger partial charge in [-0.05, 0) is 124 Å². The van der Waals surface area contributed by atoms with Crippen LogP contribution in [0.1, 0.15) is 120 Å².